The Kier molecular flexibility index (Phi) is 4.18. The van der Waals surface area contributed by atoms with Crippen molar-refractivity contribution >= 4 is 0 Å². The minimum Gasteiger partial charge on any atom is -0.207 e. The lowest BCUT2D eigenvalue weighted by atomic mass is 10.0. The van der Waals surface area contributed by atoms with Crippen LogP contribution in [-0.2, 0) is 12.8 Å². The summed E-state index contributed by atoms with van der Waals surface area (Å²) < 4.78 is 27.6. The average molecular weight is 300 g/mol. The highest BCUT2D eigenvalue weighted by molar-refractivity contribution is 5.55. The quantitative estimate of drug-likeness (QED) is 0.786. The number of aromatic amines is 1. The molecule has 0 unspecified atom stereocenters. The van der Waals surface area contributed by atoms with Gasteiger partial charge in [-0.1, -0.05) is 24.3 Å². The minimum absolute atomic E-state index is 0.193. The molecule has 1 aromatic heterocycles. The van der Waals surface area contributed by atoms with Crippen molar-refractivity contribution in [1.29, 1.82) is 0 Å². The van der Waals surface area contributed by atoms with Crippen LogP contribution in [0.4, 0.5) is 8.78 Å². The molecule has 3 aromatic rings. The lowest BCUT2D eigenvalue weighted by Gasteiger charge is -2.05. The fourth-order valence-corrected chi connectivity index (χ4v) is 2.36. The largest absolute Gasteiger partial charge is 0.207 e. The Bertz CT molecular complexity index is 757. The predicted molar refractivity (Wildman–Crippen MR) is 78.0 cm³/mol. The first-order valence-corrected chi connectivity index (χ1v) is 6.99. The number of aryl methyl sites for hydroxylation is 2. The second kappa shape index (κ2) is 6.43. The van der Waals surface area contributed by atoms with E-state index in [2.05, 4.69) is 20.6 Å². The zero-order valence-electron chi connectivity index (χ0n) is 11.8. The Morgan fingerprint density at radius 2 is 1.82 bits per heavy atom. The molecular formula is C16H14F2N4. The molecule has 0 aliphatic carbocycles. The van der Waals surface area contributed by atoms with E-state index in [1.165, 1.54) is 12.1 Å². The first kappa shape index (κ1) is 14.3. The molecule has 0 saturated heterocycles. The number of nitrogens with one attached hydrogen (secondary N) is 1. The molecule has 0 fully saturated rings. The molecule has 22 heavy (non-hydrogen) atoms. The summed E-state index contributed by atoms with van der Waals surface area (Å²) in [5, 5.41) is 13.2. The number of aromatic nitrogens is 4. The normalized spacial score (nSPS) is 10.8. The molecule has 0 aliphatic rings. The summed E-state index contributed by atoms with van der Waals surface area (Å²) >= 11 is 0. The van der Waals surface area contributed by atoms with Crippen molar-refractivity contribution < 1.29 is 8.78 Å². The van der Waals surface area contributed by atoms with E-state index in [1.54, 1.807) is 18.2 Å². The number of hydrogen-bond donors (Lipinski definition) is 1. The predicted octanol–water partition coefficient (Wildman–Crippen LogP) is 3.32. The SMILES string of the molecule is Fc1ccccc1CCCc1ccc(-c2nn[nH]n2)c(F)c1. The third kappa shape index (κ3) is 3.16. The number of benzene rings is 2. The van der Waals surface area contributed by atoms with Crippen LogP contribution in [0.15, 0.2) is 42.5 Å². The van der Waals surface area contributed by atoms with Gasteiger partial charge in [0.05, 0.1) is 5.56 Å². The molecule has 3 rings (SSSR count). The second-order valence-corrected chi connectivity index (χ2v) is 4.99. The van der Waals surface area contributed by atoms with Crippen LogP contribution in [0.5, 0.6) is 0 Å². The van der Waals surface area contributed by atoms with E-state index in [0.717, 1.165) is 12.0 Å². The van der Waals surface area contributed by atoms with E-state index in [9.17, 15) is 8.78 Å². The standard InChI is InChI=1S/C16H14F2N4/c17-14-7-2-1-5-12(14)6-3-4-11-8-9-13(15(18)10-11)16-19-21-22-20-16/h1-2,5,7-10H,3-4,6H2,(H,19,20,21,22). The second-order valence-electron chi connectivity index (χ2n) is 4.99. The molecule has 0 spiro atoms. The number of halogens is 2. The van der Waals surface area contributed by atoms with Crippen LogP contribution in [0.25, 0.3) is 11.4 Å². The molecule has 6 heteroatoms. The van der Waals surface area contributed by atoms with Crippen molar-refractivity contribution in [3.63, 3.8) is 0 Å². The molecule has 0 amide bonds. The fraction of sp³-hybridized carbons (Fsp3) is 0.188. The Balaban J connectivity index is 1.64. The van der Waals surface area contributed by atoms with Crippen LogP contribution < -0.4 is 0 Å². The summed E-state index contributed by atoms with van der Waals surface area (Å²) in [6.45, 7) is 0. The van der Waals surface area contributed by atoms with Gasteiger partial charge < -0.3 is 0 Å². The van der Waals surface area contributed by atoms with Crippen LogP contribution in [0.2, 0.25) is 0 Å². The summed E-state index contributed by atoms with van der Waals surface area (Å²) in [4.78, 5) is 0. The van der Waals surface area contributed by atoms with Gasteiger partial charge in [-0.05, 0) is 53.8 Å². The molecule has 2 aromatic carbocycles. The summed E-state index contributed by atoms with van der Waals surface area (Å²) in [6.07, 6.45) is 2.06. The van der Waals surface area contributed by atoms with E-state index in [-0.39, 0.29) is 17.5 Å². The smallest absolute Gasteiger partial charge is 0.207 e. The number of rotatable bonds is 5. The van der Waals surface area contributed by atoms with Crippen molar-refractivity contribution in [2.45, 2.75) is 19.3 Å². The van der Waals surface area contributed by atoms with Gasteiger partial charge in [-0.3, -0.25) is 0 Å². The maximum absolute atomic E-state index is 14.0. The van der Waals surface area contributed by atoms with Crippen LogP contribution in [0.3, 0.4) is 0 Å². The molecule has 0 saturated carbocycles. The average Bonchev–Trinajstić information content (AvgIpc) is 3.03. The number of nitrogens with zero attached hydrogens (tertiary/aromatic N) is 3. The monoisotopic (exact) mass is 300 g/mol. The lowest BCUT2D eigenvalue weighted by Crippen LogP contribution is -1.95. The first-order valence-electron chi connectivity index (χ1n) is 6.99. The van der Waals surface area contributed by atoms with Gasteiger partial charge in [0.1, 0.15) is 11.6 Å². The van der Waals surface area contributed by atoms with Gasteiger partial charge in [0.25, 0.3) is 0 Å². The van der Waals surface area contributed by atoms with Crippen molar-refractivity contribution in [2.24, 2.45) is 0 Å². The zero-order chi connectivity index (χ0) is 15.4. The van der Waals surface area contributed by atoms with Crippen molar-refractivity contribution in [2.75, 3.05) is 0 Å². The topological polar surface area (TPSA) is 54.5 Å². The Morgan fingerprint density at radius 3 is 2.55 bits per heavy atom. The van der Waals surface area contributed by atoms with Gasteiger partial charge in [0.15, 0.2) is 0 Å². The van der Waals surface area contributed by atoms with E-state index in [1.807, 2.05) is 12.1 Å². The Hall–Kier alpha value is -2.63. The van der Waals surface area contributed by atoms with Crippen LogP contribution in [0.1, 0.15) is 17.5 Å². The summed E-state index contributed by atoms with van der Waals surface area (Å²) in [5.41, 5.74) is 1.86. The third-order valence-electron chi connectivity index (χ3n) is 3.49. The molecule has 112 valence electrons. The maximum atomic E-state index is 14.0. The minimum atomic E-state index is -0.384. The van der Waals surface area contributed by atoms with Crippen molar-refractivity contribution in [3.8, 4) is 11.4 Å². The van der Waals surface area contributed by atoms with Crippen molar-refractivity contribution in [3.05, 3.63) is 65.2 Å². The first-order chi connectivity index (χ1) is 10.7. The number of tetrazole rings is 1. The highest BCUT2D eigenvalue weighted by Gasteiger charge is 2.10. The fourth-order valence-electron chi connectivity index (χ4n) is 2.36. The molecule has 1 heterocycles. The molecule has 4 nitrogen and oxygen atoms in total. The highest BCUT2D eigenvalue weighted by Crippen LogP contribution is 2.20. The molecule has 0 atom stereocenters. The van der Waals surface area contributed by atoms with Gasteiger partial charge in [0, 0.05) is 0 Å². The van der Waals surface area contributed by atoms with Crippen LogP contribution in [-0.4, -0.2) is 20.6 Å². The molecule has 0 radical (unpaired) electrons. The van der Waals surface area contributed by atoms with E-state index in [4.69, 9.17) is 0 Å². The van der Waals surface area contributed by atoms with Crippen molar-refractivity contribution in [1.82, 2.24) is 20.6 Å². The third-order valence-corrected chi connectivity index (χ3v) is 3.49. The summed E-state index contributed by atoms with van der Waals surface area (Å²) in [6, 6.07) is 11.6. The van der Waals surface area contributed by atoms with Gasteiger partial charge in [0.2, 0.25) is 5.82 Å². The van der Waals surface area contributed by atoms with Gasteiger partial charge >= 0.3 is 0 Å². The van der Waals surface area contributed by atoms with E-state index in [0.29, 0.717) is 24.0 Å². The molecular weight excluding hydrogens is 286 g/mol. The Labute approximate surface area is 126 Å². The van der Waals surface area contributed by atoms with E-state index >= 15 is 0 Å². The summed E-state index contributed by atoms with van der Waals surface area (Å²) in [5.74, 6) is -0.346. The lowest BCUT2D eigenvalue weighted by molar-refractivity contribution is 0.603. The number of H-pyrrole nitrogens is 1. The van der Waals surface area contributed by atoms with Crippen LogP contribution in [0, 0.1) is 11.6 Å². The summed E-state index contributed by atoms with van der Waals surface area (Å²) in [7, 11) is 0. The van der Waals surface area contributed by atoms with Gasteiger partial charge in [-0.2, -0.15) is 5.21 Å². The van der Waals surface area contributed by atoms with E-state index < -0.39 is 0 Å². The highest BCUT2D eigenvalue weighted by atomic mass is 19.1. The molecule has 0 bridgehead atoms. The number of hydrogen-bond acceptors (Lipinski definition) is 3. The Morgan fingerprint density at radius 1 is 0.955 bits per heavy atom. The van der Waals surface area contributed by atoms with Gasteiger partial charge in [-0.15, -0.1) is 10.2 Å². The maximum Gasteiger partial charge on any atom is 0.207 e. The zero-order valence-corrected chi connectivity index (χ0v) is 11.8. The van der Waals surface area contributed by atoms with Gasteiger partial charge in [-0.25, -0.2) is 8.78 Å². The molecule has 0 aliphatic heterocycles. The molecule has 1 N–H and O–H groups in total. The van der Waals surface area contributed by atoms with Crippen LogP contribution >= 0.6 is 0 Å².